The van der Waals surface area contributed by atoms with E-state index in [0.29, 0.717) is 5.82 Å². The van der Waals surface area contributed by atoms with Crippen LogP contribution < -0.4 is 0 Å². The van der Waals surface area contributed by atoms with E-state index in [-0.39, 0.29) is 16.6 Å². The molecule has 0 atom stereocenters. The highest BCUT2D eigenvalue weighted by atomic mass is 16.3. The SMILES string of the molecule is CC(C)(C)c1cc(-c2nc3c(-c4cccc(-c5cccnn5)c4)cccc3n2-c2ccccc2)c(O)c(C(C)(C)C)c1. The summed E-state index contributed by atoms with van der Waals surface area (Å²) in [7, 11) is 0. The van der Waals surface area contributed by atoms with Crippen molar-refractivity contribution in [1.29, 1.82) is 0 Å². The first-order valence-corrected chi connectivity index (χ1v) is 14.4. The number of nitrogens with zero attached hydrogens (tertiary/aromatic N) is 4. The predicted octanol–water partition coefficient (Wildman–Crippen LogP) is 9.12. The van der Waals surface area contributed by atoms with Crippen LogP contribution in [0.4, 0.5) is 0 Å². The van der Waals surface area contributed by atoms with Gasteiger partial charge in [0.15, 0.2) is 0 Å². The highest BCUT2D eigenvalue weighted by Crippen LogP contribution is 2.44. The highest BCUT2D eigenvalue weighted by molar-refractivity contribution is 5.96. The van der Waals surface area contributed by atoms with Crippen LogP contribution in [0.1, 0.15) is 52.7 Å². The topological polar surface area (TPSA) is 63.8 Å². The van der Waals surface area contributed by atoms with Crippen molar-refractivity contribution in [3.05, 3.63) is 114 Å². The van der Waals surface area contributed by atoms with Crippen molar-refractivity contribution in [3.63, 3.8) is 0 Å². The standard InChI is InChI=1S/C37H36N4O/c1-36(2,3)26-22-29(34(42)30(23-26)37(4,5)6)35-39-33-28(17-11-19-32(33)41(35)27-15-8-7-9-16-27)24-13-10-14-25(21-24)31-18-12-20-38-40-31/h7-23,42H,1-6H3. The minimum Gasteiger partial charge on any atom is -0.507 e. The Balaban J connectivity index is 1.66. The number of aromatic nitrogens is 4. The highest BCUT2D eigenvalue weighted by Gasteiger charge is 2.28. The molecule has 5 nitrogen and oxygen atoms in total. The van der Waals surface area contributed by atoms with Crippen LogP contribution in [0.2, 0.25) is 0 Å². The number of aromatic hydroxyl groups is 1. The Kier molecular flexibility index (Phi) is 6.69. The summed E-state index contributed by atoms with van der Waals surface area (Å²) in [6.07, 6.45) is 1.68. The number of hydrogen-bond donors (Lipinski definition) is 1. The fraction of sp³-hybridized carbons (Fsp3) is 0.216. The van der Waals surface area contributed by atoms with E-state index in [0.717, 1.165) is 55.8 Å². The van der Waals surface area contributed by atoms with E-state index in [2.05, 4.69) is 111 Å². The number of para-hydroxylation sites is 2. The van der Waals surface area contributed by atoms with Crippen molar-refractivity contribution in [2.24, 2.45) is 0 Å². The summed E-state index contributed by atoms with van der Waals surface area (Å²) < 4.78 is 2.17. The first-order valence-electron chi connectivity index (χ1n) is 14.4. The lowest BCUT2D eigenvalue weighted by molar-refractivity contribution is 0.446. The molecule has 0 spiro atoms. The van der Waals surface area contributed by atoms with Crippen LogP contribution >= 0.6 is 0 Å². The third-order valence-electron chi connectivity index (χ3n) is 7.77. The molecule has 0 unspecified atom stereocenters. The molecule has 0 aliphatic heterocycles. The van der Waals surface area contributed by atoms with Crippen LogP contribution in [0.15, 0.2) is 103 Å². The Morgan fingerprint density at radius 2 is 1.40 bits per heavy atom. The summed E-state index contributed by atoms with van der Waals surface area (Å²) in [5, 5.41) is 20.2. The Labute approximate surface area is 247 Å². The molecule has 6 aromatic rings. The van der Waals surface area contributed by atoms with E-state index in [1.165, 1.54) is 0 Å². The summed E-state index contributed by atoms with van der Waals surface area (Å²) in [5.74, 6) is 0.983. The monoisotopic (exact) mass is 552 g/mol. The summed E-state index contributed by atoms with van der Waals surface area (Å²) in [4.78, 5) is 5.32. The number of benzene rings is 4. The Morgan fingerprint density at radius 1 is 0.667 bits per heavy atom. The van der Waals surface area contributed by atoms with Gasteiger partial charge >= 0.3 is 0 Å². The molecule has 210 valence electrons. The summed E-state index contributed by atoms with van der Waals surface area (Å²) >= 11 is 0. The third-order valence-corrected chi connectivity index (χ3v) is 7.77. The van der Waals surface area contributed by atoms with Crippen LogP contribution in [0.25, 0.3) is 50.5 Å². The lowest BCUT2D eigenvalue weighted by Gasteiger charge is -2.27. The van der Waals surface area contributed by atoms with Crippen molar-refractivity contribution in [1.82, 2.24) is 19.7 Å². The van der Waals surface area contributed by atoms with Gasteiger partial charge < -0.3 is 5.11 Å². The first-order chi connectivity index (χ1) is 20.0. The van der Waals surface area contributed by atoms with Crippen LogP contribution in [0.3, 0.4) is 0 Å². The van der Waals surface area contributed by atoms with Gasteiger partial charge in [-0.1, -0.05) is 96.1 Å². The molecule has 0 fully saturated rings. The first kappa shape index (κ1) is 27.4. The van der Waals surface area contributed by atoms with Crippen LogP contribution in [-0.2, 0) is 10.8 Å². The fourth-order valence-electron chi connectivity index (χ4n) is 5.46. The number of imidazole rings is 1. The fourth-order valence-corrected chi connectivity index (χ4v) is 5.46. The molecule has 0 bridgehead atoms. The summed E-state index contributed by atoms with van der Waals surface area (Å²) in [6.45, 7) is 13.0. The number of phenols is 1. The molecule has 0 saturated carbocycles. The van der Waals surface area contributed by atoms with Crippen LogP contribution in [0.5, 0.6) is 5.75 Å². The van der Waals surface area contributed by atoms with Gasteiger partial charge in [0.25, 0.3) is 0 Å². The second-order valence-corrected chi connectivity index (χ2v) is 12.9. The molecular formula is C37H36N4O. The third kappa shape index (κ3) is 4.96. The van der Waals surface area contributed by atoms with Gasteiger partial charge in [-0.25, -0.2) is 4.98 Å². The molecule has 0 aliphatic rings. The van der Waals surface area contributed by atoms with Gasteiger partial charge in [0.1, 0.15) is 11.6 Å². The van der Waals surface area contributed by atoms with Gasteiger partial charge in [0, 0.05) is 28.6 Å². The molecule has 0 radical (unpaired) electrons. The van der Waals surface area contributed by atoms with Crippen molar-refractivity contribution in [2.45, 2.75) is 52.4 Å². The molecule has 4 aromatic carbocycles. The number of fused-ring (bicyclic) bond motifs is 1. The molecule has 0 amide bonds. The van der Waals surface area contributed by atoms with Crippen molar-refractivity contribution >= 4 is 11.0 Å². The van der Waals surface area contributed by atoms with E-state index >= 15 is 0 Å². The maximum atomic E-state index is 11.8. The van der Waals surface area contributed by atoms with E-state index < -0.39 is 0 Å². The molecule has 5 heteroatoms. The van der Waals surface area contributed by atoms with Crippen molar-refractivity contribution in [3.8, 4) is 45.2 Å². The predicted molar refractivity (Wildman–Crippen MR) is 172 cm³/mol. The Morgan fingerprint density at radius 3 is 2.10 bits per heavy atom. The minimum atomic E-state index is -0.254. The van der Waals surface area contributed by atoms with E-state index in [4.69, 9.17) is 4.98 Å². The quantitative estimate of drug-likeness (QED) is 0.237. The summed E-state index contributed by atoms with van der Waals surface area (Å²) in [5.41, 5.74) is 9.11. The molecule has 0 aliphatic carbocycles. The van der Waals surface area contributed by atoms with Gasteiger partial charge in [-0.2, -0.15) is 10.2 Å². The van der Waals surface area contributed by atoms with Gasteiger partial charge in [-0.3, -0.25) is 4.57 Å². The van der Waals surface area contributed by atoms with Gasteiger partial charge in [-0.05, 0) is 64.4 Å². The maximum Gasteiger partial charge on any atom is 0.149 e. The zero-order valence-corrected chi connectivity index (χ0v) is 25.1. The number of hydrogen-bond acceptors (Lipinski definition) is 4. The molecule has 1 N–H and O–H groups in total. The molecule has 6 rings (SSSR count). The van der Waals surface area contributed by atoms with Gasteiger partial charge in [0.2, 0.25) is 0 Å². The molecule has 2 heterocycles. The normalized spacial score (nSPS) is 12.1. The zero-order chi connectivity index (χ0) is 29.6. The second-order valence-electron chi connectivity index (χ2n) is 12.9. The average molecular weight is 553 g/mol. The van der Waals surface area contributed by atoms with Gasteiger partial charge in [0.05, 0.1) is 22.3 Å². The maximum absolute atomic E-state index is 11.8. The molecule has 42 heavy (non-hydrogen) atoms. The Bertz CT molecular complexity index is 1890. The number of rotatable bonds is 4. The minimum absolute atomic E-state index is 0.113. The Hall–Kier alpha value is -4.77. The summed E-state index contributed by atoms with van der Waals surface area (Å²) in [6, 6.07) is 33.0. The largest absolute Gasteiger partial charge is 0.507 e. The van der Waals surface area contributed by atoms with E-state index in [1.54, 1.807) is 6.20 Å². The molecule has 2 aromatic heterocycles. The van der Waals surface area contributed by atoms with Crippen LogP contribution in [-0.4, -0.2) is 24.9 Å². The zero-order valence-electron chi connectivity index (χ0n) is 25.1. The number of phenolic OH excluding ortho intramolecular Hbond substituents is 1. The van der Waals surface area contributed by atoms with E-state index in [9.17, 15) is 5.11 Å². The average Bonchev–Trinajstić information content (AvgIpc) is 3.36. The van der Waals surface area contributed by atoms with Crippen molar-refractivity contribution in [2.75, 3.05) is 0 Å². The second kappa shape index (κ2) is 10.3. The van der Waals surface area contributed by atoms with Crippen LogP contribution in [0, 0.1) is 0 Å². The lowest BCUT2D eigenvalue weighted by atomic mass is 9.79. The van der Waals surface area contributed by atoms with E-state index in [1.807, 2.05) is 42.5 Å². The smallest absolute Gasteiger partial charge is 0.149 e. The van der Waals surface area contributed by atoms with Gasteiger partial charge in [-0.15, -0.1) is 0 Å². The molecule has 0 saturated heterocycles. The van der Waals surface area contributed by atoms with Crippen molar-refractivity contribution < 1.29 is 5.11 Å². The lowest BCUT2D eigenvalue weighted by Crippen LogP contribution is -2.17. The molecular weight excluding hydrogens is 516 g/mol.